The van der Waals surface area contributed by atoms with Gasteiger partial charge in [-0.05, 0) is 30.3 Å². The summed E-state index contributed by atoms with van der Waals surface area (Å²) in [6.07, 6.45) is 1.46. The zero-order valence-electron chi connectivity index (χ0n) is 17.0. The molecule has 8 heteroatoms. The lowest BCUT2D eigenvalue weighted by molar-refractivity contribution is -0.116. The van der Waals surface area contributed by atoms with Crippen LogP contribution in [0.25, 0.3) is 11.2 Å². The van der Waals surface area contributed by atoms with Gasteiger partial charge >= 0.3 is 5.69 Å². The first-order valence-electron chi connectivity index (χ1n) is 9.52. The van der Waals surface area contributed by atoms with Gasteiger partial charge in [0, 0.05) is 30.9 Å². The lowest BCUT2D eigenvalue weighted by Gasteiger charge is -2.09. The van der Waals surface area contributed by atoms with Gasteiger partial charge in [0.05, 0.1) is 6.33 Å². The highest BCUT2D eigenvalue weighted by Gasteiger charge is 2.17. The monoisotopic (exact) mass is 413 g/mol. The van der Waals surface area contributed by atoms with Crippen LogP contribution >= 0.6 is 0 Å². The Labute approximate surface area is 177 Å². The van der Waals surface area contributed by atoms with Crippen LogP contribution in [-0.2, 0) is 25.4 Å². The van der Waals surface area contributed by atoms with E-state index in [-0.39, 0.29) is 11.2 Å². The molecule has 0 aliphatic rings. The Morgan fingerprint density at radius 3 is 2.48 bits per heavy atom. The molecule has 0 spiro atoms. The number of carbonyl (C=O) groups excluding carboxylic acids is 1. The van der Waals surface area contributed by atoms with E-state index in [1.54, 1.807) is 25.2 Å². The van der Waals surface area contributed by atoms with Crippen molar-refractivity contribution in [3.8, 4) is 11.8 Å². The van der Waals surface area contributed by atoms with Crippen molar-refractivity contribution in [2.45, 2.75) is 6.54 Å². The second-order valence-electron chi connectivity index (χ2n) is 7.01. The molecule has 0 saturated heterocycles. The fraction of sp³-hybridized carbons (Fsp3) is 0.130. The number of nitrogens with zero attached hydrogens (tertiary/aromatic N) is 4. The molecule has 0 aliphatic heterocycles. The quantitative estimate of drug-likeness (QED) is 0.515. The Morgan fingerprint density at radius 2 is 1.71 bits per heavy atom. The second-order valence-corrected chi connectivity index (χ2v) is 7.01. The number of rotatable bonds is 3. The molecule has 8 nitrogen and oxygen atoms in total. The van der Waals surface area contributed by atoms with E-state index in [0.717, 1.165) is 15.7 Å². The van der Waals surface area contributed by atoms with E-state index >= 15 is 0 Å². The maximum Gasteiger partial charge on any atom is 0.332 e. The van der Waals surface area contributed by atoms with Crippen LogP contribution < -0.4 is 16.6 Å². The van der Waals surface area contributed by atoms with Gasteiger partial charge in [-0.15, -0.1) is 0 Å². The van der Waals surface area contributed by atoms with Gasteiger partial charge in [-0.25, -0.2) is 14.3 Å². The largest absolute Gasteiger partial charge is 0.332 e. The van der Waals surface area contributed by atoms with E-state index in [4.69, 9.17) is 0 Å². The number of amides is 1. The first-order chi connectivity index (χ1) is 14.9. The molecule has 0 unspecified atom stereocenters. The average Bonchev–Trinajstić information content (AvgIpc) is 3.16. The molecule has 0 atom stereocenters. The Morgan fingerprint density at radius 1 is 1.00 bits per heavy atom. The van der Waals surface area contributed by atoms with E-state index in [9.17, 15) is 14.4 Å². The molecule has 154 valence electrons. The molecule has 1 amide bonds. The van der Waals surface area contributed by atoms with Crippen LogP contribution in [0.15, 0.2) is 70.5 Å². The predicted octanol–water partition coefficient (Wildman–Crippen LogP) is 1.47. The third-order valence-corrected chi connectivity index (χ3v) is 4.77. The normalized spacial score (nSPS) is 10.5. The number of hydrogen-bond acceptors (Lipinski definition) is 4. The number of nitrogens with one attached hydrogen (secondary N) is 1. The summed E-state index contributed by atoms with van der Waals surface area (Å²) in [6.45, 7) is -0.410. The Hall–Kier alpha value is -4.38. The van der Waals surface area contributed by atoms with Crippen molar-refractivity contribution in [2.75, 3.05) is 5.32 Å². The Kier molecular flexibility index (Phi) is 5.24. The fourth-order valence-corrected chi connectivity index (χ4v) is 3.22. The van der Waals surface area contributed by atoms with Gasteiger partial charge in [-0.3, -0.25) is 14.2 Å². The van der Waals surface area contributed by atoms with Crippen molar-refractivity contribution < 1.29 is 4.79 Å². The number of hydrogen-bond donors (Lipinski definition) is 1. The summed E-state index contributed by atoms with van der Waals surface area (Å²) >= 11 is 0. The van der Waals surface area contributed by atoms with Crippen molar-refractivity contribution >= 4 is 22.8 Å². The molecular weight excluding hydrogens is 394 g/mol. The Balaban J connectivity index is 1.57. The van der Waals surface area contributed by atoms with Gasteiger partial charge in [0.15, 0.2) is 11.2 Å². The molecule has 0 radical (unpaired) electrons. The van der Waals surface area contributed by atoms with Crippen molar-refractivity contribution in [3.63, 3.8) is 0 Å². The van der Waals surface area contributed by atoms with Crippen LogP contribution in [-0.4, -0.2) is 24.6 Å². The molecule has 0 fully saturated rings. The number of carbonyl (C=O) groups is 1. The molecule has 2 aromatic heterocycles. The van der Waals surface area contributed by atoms with Crippen molar-refractivity contribution in [1.82, 2.24) is 18.7 Å². The number of imidazole rings is 1. The van der Waals surface area contributed by atoms with E-state index in [0.29, 0.717) is 5.69 Å². The lowest BCUT2D eigenvalue weighted by atomic mass is 10.1. The van der Waals surface area contributed by atoms with Gasteiger partial charge in [-0.2, -0.15) is 0 Å². The second kappa shape index (κ2) is 8.16. The summed E-state index contributed by atoms with van der Waals surface area (Å²) in [7, 11) is 3.17. The minimum absolute atomic E-state index is 0.257. The molecule has 0 bridgehead atoms. The van der Waals surface area contributed by atoms with Crippen LogP contribution in [0.3, 0.4) is 0 Å². The molecular formula is C23H19N5O3. The standard InChI is InChI=1S/C23H19N5O3/c1-26-15-24-21-20(26)22(30)28(23(31)27(21)2)14-19(29)25-18-10-6-9-17(13-18)12-11-16-7-4-3-5-8-16/h3-10,13,15H,14H2,1-2H3,(H,25,29). The number of aromatic nitrogens is 4. The van der Waals surface area contributed by atoms with Gasteiger partial charge in [-0.1, -0.05) is 36.1 Å². The van der Waals surface area contributed by atoms with Crippen molar-refractivity contribution in [3.05, 3.63) is 92.9 Å². The van der Waals surface area contributed by atoms with Gasteiger partial charge in [0.1, 0.15) is 6.54 Å². The van der Waals surface area contributed by atoms with Crippen molar-refractivity contribution in [1.29, 1.82) is 0 Å². The van der Waals surface area contributed by atoms with Crippen LogP contribution in [0.2, 0.25) is 0 Å². The lowest BCUT2D eigenvalue weighted by Crippen LogP contribution is -2.42. The zero-order chi connectivity index (χ0) is 22.0. The number of benzene rings is 2. The average molecular weight is 413 g/mol. The first kappa shape index (κ1) is 19.9. The minimum atomic E-state index is -0.603. The summed E-state index contributed by atoms with van der Waals surface area (Å²) in [5.74, 6) is 5.62. The summed E-state index contributed by atoms with van der Waals surface area (Å²) in [4.78, 5) is 41.9. The molecule has 0 saturated carbocycles. The SMILES string of the molecule is Cn1cnc2c1c(=O)n(CC(=O)Nc1cccc(C#Cc3ccccc3)c1)c(=O)n2C. The van der Waals surface area contributed by atoms with Gasteiger partial charge in [0.2, 0.25) is 5.91 Å². The Bertz CT molecular complexity index is 1470. The van der Waals surface area contributed by atoms with Crippen LogP contribution in [0.5, 0.6) is 0 Å². The van der Waals surface area contributed by atoms with Crippen LogP contribution in [0.4, 0.5) is 5.69 Å². The highest BCUT2D eigenvalue weighted by Crippen LogP contribution is 2.10. The van der Waals surface area contributed by atoms with E-state index < -0.39 is 23.7 Å². The molecule has 2 heterocycles. The maximum atomic E-state index is 12.7. The van der Waals surface area contributed by atoms with E-state index in [1.165, 1.54) is 22.5 Å². The summed E-state index contributed by atoms with van der Waals surface area (Å²) in [6, 6.07) is 16.6. The molecule has 1 N–H and O–H groups in total. The third-order valence-electron chi connectivity index (χ3n) is 4.77. The maximum absolute atomic E-state index is 12.7. The topological polar surface area (TPSA) is 90.9 Å². The summed E-state index contributed by atoms with van der Waals surface area (Å²) in [5.41, 5.74) is 1.51. The molecule has 4 rings (SSSR count). The zero-order valence-corrected chi connectivity index (χ0v) is 17.0. The summed E-state index contributed by atoms with van der Waals surface area (Å²) in [5, 5.41) is 2.72. The molecule has 31 heavy (non-hydrogen) atoms. The predicted molar refractivity (Wildman–Crippen MR) is 118 cm³/mol. The number of anilines is 1. The van der Waals surface area contributed by atoms with Gasteiger partial charge in [0.25, 0.3) is 5.56 Å². The van der Waals surface area contributed by atoms with Gasteiger partial charge < -0.3 is 9.88 Å². The highest BCUT2D eigenvalue weighted by molar-refractivity contribution is 5.90. The number of fused-ring (bicyclic) bond motifs is 1. The van der Waals surface area contributed by atoms with Crippen LogP contribution in [0, 0.1) is 11.8 Å². The fourth-order valence-electron chi connectivity index (χ4n) is 3.22. The van der Waals surface area contributed by atoms with E-state index in [1.807, 2.05) is 36.4 Å². The van der Waals surface area contributed by atoms with E-state index in [2.05, 4.69) is 22.1 Å². The van der Waals surface area contributed by atoms with Crippen LogP contribution in [0.1, 0.15) is 11.1 Å². The third kappa shape index (κ3) is 4.02. The molecule has 0 aliphatic carbocycles. The summed E-state index contributed by atoms with van der Waals surface area (Å²) < 4.78 is 3.68. The highest BCUT2D eigenvalue weighted by atomic mass is 16.2. The van der Waals surface area contributed by atoms with Crippen molar-refractivity contribution in [2.24, 2.45) is 14.1 Å². The first-order valence-corrected chi connectivity index (χ1v) is 9.52. The number of aryl methyl sites for hydroxylation is 2. The molecule has 4 aromatic rings. The smallest absolute Gasteiger partial charge is 0.328 e. The minimum Gasteiger partial charge on any atom is -0.328 e. The molecule has 2 aromatic carbocycles.